The molecule has 0 atom stereocenters. The molecule has 4 nitrogen and oxygen atoms in total. The Morgan fingerprint density at radius 2 is 1.59 bits per heavy atom. The van der Waals surface area contributed by atoms with Crippen LogP contribution in [0.5, 0.6) is 11.5 Å². The molecule has 0 unspecified atom stereocenters. The quantitative estimate of drug-likeness (QED) is 0.303. The van der Waals surface area contributed by atoms with Crippen LogP contribution in [0.1, 0.15) is 40.9 Å². The van der Waals surface area contributed by atoms with Gasteiger partial charge in [0.1, 0.15) is 18.1 Å². The standard InChI is InChI=1S/C29H29NO3S/c31-25-11-5-3-9-23(25)28(32)29-27(24-10-4-6-12-26(24)34-29)21-13-15-22(16-14-21)33-20-19-30-17-7-1-2-8-18-30/h3-6,9-16,31H,1-2,7-8,17-20H2. The molecule has 1 aromatic heterocycles. The first-order valence-electron chi connectivity index (χ1n) is 12.0. The average Bonchev–Trinajstić information content (AvgIpc) is 3.06. The Morgan fingerprint density at radius 3 is 2.35 bits per heavy atom. The van der Waals surface area contributed by atoms with Gasteiger partial charge in [-0.2, -0.15) is 0 Å². The van der Waals surface area contributed by atoms with Crippen LogP contribution in [0, 0.1) is 0 Å². The molecule has 3 aromatic carbocycles. The fraction of sp³-hybridized carbons (Fsp3) is 0.276. The molecule has 2 heterocycles. The van der Waals surface area contributed by atoms with Gasteiger partial charge < -0.3 is 9.84 Å². The van der Waals surface area contributed by atoms with Crippen LogP contribution in [0.3, 0.4) is 0 Å². The zero-order valence-corrected chi connectivity index (χ0v) is 20.0. The fourth-order valence-corrected chi connectivity index (χ4v) is 5.83. The molecule has 4 aromatic rings. The second-order valence-electron chi connectivity index (χ2n) is 8.78. The van der Waals surface area contributed by atoms with Crippen LogP contribution in [0.4, 0.5) is 0 Å². The number of ketones is 1. The molecule has 174 valence electrons. The van der Waals surface area contributed by atoms with E-state index < -0.39 is 0 Å². The van der Waals surface area contributed by atoms with Gasteiger partial charge in [0.25, 0.3) is 0 Å². The van der Waals surface area contributed by atoms with Gasteiger partial charge in [0.15, 0.2) is 0 Å². The summed E-state index contributed by atoms with van der Waals surface area (Å²) in [5.74, 6) is 0.683. The summed E-state index contributed by atoms with van der Waals surface area (Å²) >= 11 is 1.47. The van der Waals surface area contributed by atoms with Gasteiger partial charge in [0.05, 0.1) is 10.4 Å². The monoisotopic (exact) mass is 471 g/mol. The summed E-state index contributed by atoms with van der Waals surface area (Å²) < 4.78 is 7.08. The third-order valence-corrected chi connectivity index (χ3v) is 7.64. The van der Waals surface area contributed by atoms with Crippen LogP contribution in [0.15, 0.2) is 72.8 Å². The van der Waals surface area contributed by atoms with Gasteiger partial charge in [0, 0.05) is 22.2 Å². The van der Waals surface area contributed by atoms with Crippen molar-refractivity contribution in [1.29, 1.82) is 0 Å². The second kappa shape index (κ2) is 10.4. The highest BCUT2D eigenvalue weighted by Gasteiger charge is 2.22. The molecule has 0 bridgehead atoms. The number of hydrogen-bond donors (Lipinski definition) is 1. The second-order valence-corrected chi connectivity index (χ2v) is 9.83. The Bertz CT molecular complexity index is 1270. The first-order chi connectivity index (χ1) is 16.7. The molecule has 1 aliphatic rings. The Labute approximate surface area is 204 Å². The lowest BCUT2D eigenvalue weighted by molar-refractivity contribution is 0.104. The molecule has 0 saturated carbocycles. The lowest BCUT2D eigenvalue weighted by Gasteiger charge is -2.19. The largest absolute Gasteiger partial charge is 0.507 e. The van der Waals surface area contributed by atoms with Gasteiger partial charge in [-0.25, -0.2) is 0 Å². The number of carbonyl (C=O) groups excluding carboxylic acids is 1. The molecule has 1 N–H and O–H groups in total. The Kier molecular flexibility index (Phi) is 6.93. The first-order valence-corrected chi connectivity index (χ1v) is 12.8. The molecule has 1 fully saturated rings. The Balaban J connectivity index is 1.39. The maximum Gasteiger partial charge on any atom is 0.207 e. The normalized spacial score (nSPS) is 14.7. The molecular weight excluding hydrogens is 442 g/mol. The van der Waals surface area contributed by atoms with Crippen molar-refractivity contribution in [1.82, 2.24) is 4.90 Å². The summed E-state index contributed by atoms with van der Waals surface area (Å²) in [4.78, 5) is 16.6. The van der Waals surface area contributed by atoms with Crippen molar-refractivity contribution >= 4 is 27.2 Å². The number of likely N-dealkylation sites (tertiary alicyclic amines) is 1. The number of phenolic OH excluding ortho intramolecular Hbond substituents is 1. The molecule has 5 heteroatoms. The van der Waals surface area contributed by atoms with Gasteiger partial charge in [0.2, 0.25) is 5.78 Å². The van der Waals surface area contributed by atoms with Crippen molar-refractivity contribution in [3.8, 4) is 22.6 Å². The van der Waals surface area contributed by atoms with Gasteiger partial charge in [-0.15, -0.1) is 11.3 Å². The number of thiophene rings is 1. The van der Waals surface area contributed by atoms with E-state index in [0.717, 1.165) is 33.5 Å². The summed E-state index contributed by atoms with van der Waals surface area (Å²) in [5, 5.41) is 11.3. The summed E-state index contributed by atoms with van der Waals surface area (Å²) in [7, 11) is 0. The topological polar surface area (TPSA) is 49.8 Å². The minimum absolute atomic E-state index is 0.00376. The van der Waals surface area contributed by atoms with Gasteiger partial charge in [-0.05, 0) is 61.8 Å². The van der Waals surface area contributed by atoms with Crippen LogP contribution >= 0.6 is 11.3 Å². The molecule has 0 spiro atoms. The van der Waals surface area contributed by atoms with Crippen LogP contribution in [0.25, 0.3) is 21.2 Å². The first kappa shape index (κ1) is 22.6. The van der Waals surface area contributed by atoms with Crippen molar-refractivity contribution in [2.75, 3.05) is 26.2 Å². The number of para-hydroxylation sites is 1. The highest BCUT2D eigenvalue weighted by atomic mass is 32.1. The van der Waals surface area contributed by atoms with Crippen LogP contribution in [-0.4, -0.2) is 42.0 Å². The number of rotatable bonds is 7. The minimum Gasteiger partial charge on any atom is -0.507 e. The van der Waals surface area contributed by atoms with E-state index in [1.54, 1.807) is 24.3 Å². The molecule has 34 heavy (non-hydrogen) atoms. The lowest BCUT2D eigenvalue weighted by atomic mass is 9.98. The number of aromatic hydroxyl groups is 1. The van der Waals surface area contributed by atoms with E-state index in [4.69, 9.17) is 4.74 Å². The van der Waals surface area contributed by atoms with E-state index in [2.05, 4.69) is 4.90 Å². The van der Waals surface area contributed by atoms with Crippen molar-refractivity contribution in [2.24, 2.45) is 0 Å². The average molecular weight is 472 g/mol. The Hall–Kier alpha value is -3.15. The van der Waals surface area contributed by atoms with E-state index in [1.807, 2.05) is 48.5 Å². The zero-order chi connectivity index (χ0) is 23.3. The van der Waals surface area contributed by atoms with E-state index >= 15 is 0 Å². The molecule has 0 radical (unpaired) electrons. The number of benzene rings is 3. The number of ether oxygens (including phenoxy) is 1. The van der Waals surface area contributed by atoms with Crippen LogP contribution < -0.4 is 4.74 Å². The van der Waals surface area contributed by atoms with Crippen molar-refractivity contribution < 1.29 is 14.6 Å². The van der Waals surface area contributed by atoms with Gasteiger partial charge in [-0.3, -0.25) is 9.69 Å². The van der Waals surface area contributed by atoms with Crippen LogP contribution in [-0.2, 0) is 0 Å². The third kappa shape index (κ3) is 4.86. The Morgan fingerprint density at radius 1 is 0.882 bits per heavy atom. The van der Waals surface area contributed by atoms with E-state index in [0.29, 0.717) is 17.0 Å². The maximum absolute atomic E-state index is 13.4. The van der Waals surface area contributed by atoms with E-state index in [-0.39, 0.29) is 11.5 Å². The third-order valence-electron chi connectivity index (χ3n) is 6.47. The number of nitrogens with zero attached hydrogens (tertiary/aromatic N) is 1. The molecule has 1 aliphatic heterocycles. The van der Waals surface area contributed by atoms with Crippen molar-refractivity contribution in [2.45, 2.75) is 25.7 Å². The molecular formula is C29H29NO3S. The SMILES string of the molecule is O=C(c1ccccc1O)c1sc2ccccc2c1-c1ccc(OCCN2CCCCCC2)cc1. The summed E-state index contributed by atoms with van der Waals surface area (Å²) in [6, 6.07) is 22.8. The smallest absolute Gasteiger partial charge is 0.207 e. The number of carbonyl (C=O) groups is 1. The van der Waals surface area contributed by atoms with Gasteiger partial charge >= 0.3 is 0 Å². The number of fused-ring (bicyclic) bond motifs is 1. The predicted octanol–water partition coefficient (Wildman–Crippen LogP) is 6.76. The molecule has 5 rings (SSSR count). The van der Waals surface area contributed by atoms with Crippen molar-refractivity contribution in [3.63, 3.8) is 0 Å². The van der Waals surface area contributed by atoms with E-state index in [9.17, 15) is 9.90 Å². The highest BCUT2D eigenvalue weighted by Crippen LogP contribution is 2.41. The maximum atomic E-state index is 13.4. The summed E-state index contributed by atoms with van der Waals surface area (Å²) in [6.45, 7) is 3.97. The van der Waals surface area contributed by atoms with Gasteiger partial charge in [-0.1, -0.05) is 55.3 Å². The fourth-order valence-electron chi connectivity index (χ4n) is 4.65. The molecule has 0 amide bonds. The van der Waals surface area contributed by atoms with Crippen molar-refractivity contribution in [3.05, 3.63) is 83.2 Å². The summed E-state index contributed by atoms with van der Waals surface area (Å²) in [6.07, 6.45) is 5.24. The number of hydrogen-bond acceptors (Lipinski definition) is 5. The summed E-state index contributed by atoms with van der Waals surface area (Å²) in [5.41, 5.74) is 2.20. The van der Waals surface area contributed by atoms with Crippen LogP contribution in [0.2, 0.25) is 0 Å². The lowest BCUT2D eigenvalue weighted by Crippen LogP contribution is -2.29. The molecule has 0 aliphatic carbocycles. The molecule has 1 saturated heterocycles. The zero-order valence-electron chi connectivity index (χ0n) is 19.2. The minimum atomic E-state index is -0.160. The van der Waals surface area contributed by atoms with E-state index in [1.165, 1.54) is 50.1 Å². The number of phenols is 1. The highest BCUT2D eigenvalue weighted by molar-refractivity contribution is 7.21. The predicted molar refractivity (Wildman–Crippen MR) is 139 cm³/mol.